The summed E-state index contributed by atoms with van der Waals surface area (Å²) in [5.74, 6) is -3.66. The van der Waals surface area contributed by atoms with Gasteiger partial charge in [-0.25, -0.2) is 4.79 Å². The summed E-state index contributed by atoms with van der Waals surface area (Å²) in [7, 11) is 0. The van der Waals surface area contributed by atoms with Gasteiger partial charge in [-0.15, -0.1) is 0 Å². The molecule has 0 fully saturated rings. The second-order valence-electron chi connectivity index (χ2n) is 5.42. The Bertz CT molecular complexity index is 595. The van der Waals surface area contributed by atoms with Gasteiger partial charge in [-0.3, -0.25) is 19.2 Å². The molecular formula is C19H29NO9. The van der Waals surface area contributed by atoms with Crippen molar-refractivity contribution < 1.29 is 44.4 Å². The number of hydrogen-bond acceptors (Lipinski definition) is 5. The van der Waals surface area contributed by atoms with E-state index >= 15 is 0 Å². The highest BCUT2D eigenvalue weighted by Crippen LogP contribution is 1.98. The second kappa shape index (κ2) is 20.9. The van der Waals surface area contributed by atoms with Crippen molar-refractivity contribution in [3.63, 3.8) is 0 Å². The number of carboxylic acids is 4. The van der Waals surface area contributed by atoms with Gasteiger partial charge in [0.25, 0.3) is 0 Å². The van der Waals surface area contributed by atoms with Crippen molar-refractivity contribution in [1.82, 2.24) is 0 Å². The number of nitrogens with two attached hydrogens (primary N) is 1. The lowest BCUT2D eigenvalue weighted by Gasteiger charge is -1.92. The molecule has 0 heterocycles. The summed E-state index contributed by atoms with van der Waals surface area (Å²) in [6.07, 6.45) is 2.04. The molecule has 10 nitrogen and oxygen atoms in total. The molecular weight excluding hydrogens is 386 g/mol. The van der Waals surface area contributed by atoms with Crippen LogP contribution in [0.5, 0.6) is 0 Å². The highest BCUT2D eigenvalue weighted by atomic mass is 16.4. The molecule has 164 valence electrons. The fraction of sp³-hybridized carbons (Fsp3) is 0.421. The first-order chi connectivity index (χ1) is 13.4. The van der Waals surface area contributed by atoms with Crippen molar-refractivity contribution in [2.45, 2.75) is 52.4 Å². The Morgan fingerprint density at radius 2 is 1.10 bits per heavy atom. The van der Waals surface area contributed by atoms with E-state index < -0.39 is 23.9 Å². The largest absolute Gasteiger partial charge is 0.481 e. The Labute approximate surface area is 169 Å². The number of hydrogen-bond donors (Lipinski definition) is 5. The quantitative estimate of drug-likeness (QED) is 0.396. The number of aliphatic carboxylic acids is 3. The molecule has 29 heavy (non-hydrogen) atoms. The van der Waals surface area contributed by atoms with Gasteiger partial charge in [-0.1, -0.05) is 25.1 Å². The maximum atomic E-state index is 10.2. The Morgan fingerprint density at radius 1 is 0.759 bits per heavy atom. The van der Waals surface area contributed by atoms with Crippen LogP contribution in [0.2, 0.25) is 0 Å². The van der Waals surface area contributed by atoms with E-state index in [-0.39, 0.29) is 18.7 Å². The molecule has 0 aromatic heterocycles. The Morgan fingerprint density at radius 3 is 1.28 bits per heavy atom. The van der Waals surface area contributed by atoms with Gasteiger partial charge in [0.1, 0.15) is 0 Å². The Hall–Kier alpha value is -3.43. The third-order valence-corrected chi connectivity index (χ3v) is 2.52. The SMILES string of the molecule is CC(N)=O.CCCC(=O)O.O=C(O)CCCCC(=O)O.O=C(O)c1ccccc1. The van der Waals surface area contributed by atoms with Crippen LogP contribution < -0.4 is 5.73 Å². The molecule has 0 aliphatic heterocycles. The van der Waals surface area contributed by atoms with Crippen LogP contribution in [0.3, 0.4) is 0 Å². The Balaban J connectivity index is -0.000000328. The smallest absolute Gasteiger partial charge is 0.335 e. The average Bonchev–Trinajstić information content (AvgIpc) is 2.60. The minimum absolute atomic E-state index is 0.0628. The number of carbonyl (C=O) groups excluding carboxylic acids is 1. The van der Waals surface area contributed by atoms with Gasteiger partial charge >= 0.3 is 23.9 Å². The molecule has 0 spiro atoms. The molecule has 1 rings (SSSR count). The van der Waals surface area contributed by atoms with Crippen LogP contribution in [-0.2, 0) is 19.2 Å². The van der Waals surface area contributed by atoms with E-state index in [1.807, 2.05) is 6.92 Å². The average molecular weight is 415 g/mol. The molecule has 0 aliphatic carbocycles. The number of aromatic carboxylic acids is 1. The first-order valence-corrected chi connectivity index (χ1v) is 8.63. The van der Waals surface area contributed by atoms with Crippen molar-refractivity contribution >= 4 is 29.8 Å². The van der Waals surface area contributed by atoms with Crippen molar-refractivity contribution in [1.29, 1.82) is 0 Å². The standard InChI is InChI=1S/C7H6O2.C6H10O4.C4H8O2.C2H5NO/c8-7(9)6-4-2-1-3-5-6;7-5(8)3-1-2-4-6(9)10;1-2-3-4(5)6;1-2(3)4/h1-5H,(H,8,9);1-4H2,(H,7,8)(H,9,10);2-3H2,1H3,(H,5,6);1H3,(H2,3,4). The van der Waals surface area contributed by atoms with E-state index in [9.17, 15) is 24.0 Å². The zero-order valence-electron chi connectivity index (χ0n) is 16.5. The number of carboxylic acid groups (broad SMARTS) is 4. The summed E-state index contributed by atoms with van der Waals surface area (Å²) in [5, 5.41) is 32.6. The van der Waals surface area contributed by atoms with Crippen LogP contribution in [0.25, 0.3) is 0 Å². The predicted molar refractivity (Wildman–Crippen MR) is 105 cm³/mol. The molecule has 1 amide bonds. The topological polar surface area (TPSA) is 192 Å². The minimum atomic E-state index is -0.879. The van der Waals surface area contributed by atoms with E-state index in [0.29, 0.717) is 24.8 Å². The number of primary amides is 1. The lowest BCUT2D eigenvalue weighted by atomic mass is 10.2. The number of benzene rings is 1. The molecule has 6 N–H and O–H groups in total. The van der Waals surface area contributed by atoms with E-state index in [1.165, 1.54) is 6.92 Å². The number of unbranched alkanes of at least 4 members (excludes halogenated alkanes) is 1. The van der Waals surface area contributed by atoms with E-state index in [4.69, 9.17) is 20.4 Å². The molecule has 0 radical (unpaired) electrons. The number of carbonyl (C=O) groups is 5. The van der Waals surface area contributed by atoms with Crippen LogP contribution in [0.4, 0.5) is 0 Å². The first-order valence-electron chi connectivity index (χ1n) is 8.63. The van der Waals surface area contributed by atoms with Gasteiger partial charge in [0.2, 0.25) is 5.91 Å². The Kier molecular flexibility index (Phi) is 21.8. The van der Waals surface area contributed by atoms with E-state index in [0.717, 1.165) is 6.42 Å². The molecule has 0 aliphatic rings. The van der Waals surface area contributed by atoms with Gasteiger partial charge in [0.15, 0.2) is 0 Å². The van der Waals surface area contributed by atoms with Gasteiger partial charge in [-0.2, -0.15) is 0 Å². The van der Waals surface area contributed by atoms with Crippen LogP contribution in [0.15, 0.2) is 30.3 Å². The molecule has 0 saturated heterocycles. The van der Waals surface area contributed by atoms with Crippen LogP contribution >= 0.6 is 0 Å². The summed E-state index contributed by atoms with van der Waals surface area (Å²) >= 11 is 0. The van der Waals surface area contributed by atoms with Crippen molar-refractivity contribution in [3.05, 3.63) is 35.9 Å². The second-order valence-corrected chi connectivity index (χ2v) is 5.42. The normalized spacial score (nSPS) is 8.48. The number of amides is 1. The fourth-order valence-corrected chi connectivity index (χ4v) is 1.35. The summed E-state index contributed by atoms with van der Waals surface area (Å²) in [5.41, 5.74) is 4.80. The van der Waals surface area contributed by atoms with Gasteiger partial charge in [0.05, 0.1) is 5.56 Å². The highest BCUT2D eigenvalue weighted by Gasteiger charge is 1.99. The highest BCUT2D eigenvalue weighted by molar-refractivity contribution is 5.87. The molecule has 0 atom stereocenters. The number of rotatable bonds is 8. The molecule has 0 unspecified atom stereocenters. The minimum Gasteiger partial charge on any atom is -0.481 e. The zero-order chi connectivity index (χ0) is 23.2. The molecule has 0 saturated carbocycles. The maximum absolute atomic E-state index is 10.2. The zero-order valence-corrected chi connectivity index (χ0v) is 16.5. The lowest BCUT2D eigenvalue weighted by molar-refractivity contribution is -0.139. The fourth-order valence-electron chi connectivity index (χ4n) is 1.35. The summed E-state index contributed by atoms with van der Waals surface area (Å²) in [6, 6.07) is 8.30. The van der Waals surface area contributed by atoms with E-state index in [2.05, 4.69) is 5.73 Å². The van der Waals surface area contributed by atoms with Gasteiger partial charge in [-0.05, 0) is 31.4 Å². The first kappa shape index (κ1) is 30.3. The molecule has 10 heteroatoms. The van der Waals surface area contributed by atoms with Crippen LogP contribution in [0, 0.1) is 0 Å². The van der Waals surface area contributed by atoms with Crippen molar-refractivity contribution in [2.24, 2.45) is 5.73 Å². The van der Waals surface area contributed by atoms with Crippen LogP contribution in [0.1, 0.15) is 62.7 Å². The molecule has 1 aromatic rings. The van der Waals surface area contributed by atoms with Crippen molar-refractivity contribution in [3.8, 4) is 0 Å². The van der Waals surface area contributed by atoms with Crippen LogP contribution in [-0.4, -0.2) is 50.2 Å². The molecule has 1 aromatic carbocycles. The summed E-state index contributed by atoms with van der Waals surface area (Å²) in [4.78, 5) is 48.8. The maximum Gasteiger partial charge on any atom is 0.335 e. The third kappa shape index (κ3) is 36.3. The van der Waals surface area contributed by atoms with E-state index in [1.54, 1.807) is 30.3 Å². The summed E-state index contributed by atoms with van der Waals surface area (Å²) < 4.78 is 0. The van der Waals surface area contributed by atoms with Crippen molar-refractivity contribution in [2.75, 3.05) is 0 Å². The lowest BCUT2D eigenvalue weighted by Crippen LogP contribution is -2.01. The molecule has 0 bridgehead atoms. The summed E-state index contributed by atoms with van der Waals surface area (Å²) in [6.45, 7) is 3.15. The van der Waals surface area contributed by atoms with Gasteiger partial charge in [0, 0.05) is 26.2 Å². The predicted octanol–water partition coefficient (Wildman–Crippen LogP) is 2.46. The third-order valence-electron chi connectivity index (χ3n) is 2.52. The van der Waals surface area contributed by atoms with Gasteiger partial charge < -0.3 is 26.2 Å². The monoisotopic (exact) mass is 415 g/mol.